The number of hydrogen-bond acceptors (Lipinski definition) is 6. The lowest BCUT2D eigenvalue weighted by Gasteiger charge is -2.10. The second kappa shape index (κ2) is 9.76. The number of hydrogen-bond donors (Lipinski definition) is 2. The molecule has 8 heteroatoms. The van der Waals surface area contributed by atoms with Gasteiger partial charge in [0.2, 0.25) is 5.91 Å². The largest absolute Gasteiger partial charge is 0.465 e. The summed E-state index contributed by atoms with van der Waals surface area (Å²) < 4.78 is 4.79. The third-order valence-corrected chi connectivity index (χ3v) is 5.11. The fraction of sp³-hybridized carbons (Fsp3) is 0.300. The summed E-state index contributed by atoms with van der Waals surface area (Å²) in [6.45, 7) is 3.03. The summed E-state index contributed by atoms with van der Waals surface area (Å²) in [4.78, 5) is 40.2. The van der Waals surface area contributed by atoms with Crippen LogP contribution in [0.15, 0.2) is 29.2 Å². The Labute approximate surface area is 167 Å². The van der Waals surface area contributed by atoms with Crippen molar-refractivity contribution in [1.29, 1.82) is 5.26 Å². The molecule has 0 spiro atoms. The normalized spacial score (nSPS) is 10.2. The van der Waals surface area contributed by atoms with E-state index in [-0.39, 0.29) is 29.4 Å². The lowest BCUT2D eigenvalue weighted by molar-refractivity contribution is -0.115. The molecular formula is C20H21N3O4S. The predicted octanol–water partition coefficient (Wildman–Crippen LogP) is 3.50. The number of aromatic nitrogens is 1. The van der Waals surface area contributed by atoms with Crippen LogP contribution in [-0.4, -0.2) is 35.5 Å². The second-order valence-electron chi connectivity index (χ2n) is 6.00. The van der Waals surface area contributed by atoms with E-state index >= 15 is 0 Å². The molecule has 0 fully saturated rings. The van der Waals surface area contributed by atoms with Crippen LogP contribution in [0.2, 0.25) is 0 Å². The molecule has 0 radical (unpaired) electrons. The van der Waals surface area contributed by atoms with Gasteiger partial charge in [-0.15, -0.1) is 11.8 Å². The first-order valence-electron chi connectivity index (χ1n) is 8.58. The molecule has 0 aliphatic rings. The number of para-hydroxylation sites is 1. The summed E-state index contributed by atoms with van der Waals surface area (Å²) in [5, 5.41) is 11.5. The zero-order chi connectivity index (χ0) is 20.7. The molecule has 7 nitrogen and oxygen atoms in total. The number of benzene rings is 1. The Morgan fingerprint density at radius 2 is 2.00 bits per heavy atom. The number of amides is 1. The molecular weight excluding hydrogens is 378 g/mol. The quantitative estimate of drug-likeness (QED) is 0.304. The molecule has 1 aromatic heterocycles. The third kappa shape index (κ3) is 5.02. The van der Waals surface area contributed by atoms with Gasteiger partial charge in [0, 0.05) is 29.7 Å². The van der Waals surface area contributed by atoms with E-state index in [1.165, 1.54) is 25.8 Å². The predicted molar refractivity (Wildman–Crippen MR) is 107 cm³/mol. The lowest BCUT2D eigenvalue weighted by atomic mass is 10.1. The van der Waals surface area contributed by atoms with Gasteiger partial charge in [0.15, 0.2) is 5.78 Å². The second-order valence-corrected chi connectivity index (χ2v) is 7.14. The van der Waals surface area contributed by atoms with Crippen molar-refractivity contribution in [3.8, 4) is 6.07 Å². The fourth-order valence-corrected chi connectivity index (χ4v) is 3.64. The number of aromatic amines is 1. The summed E-state index contributed by atoms with van der Waals surface area (Å²) in [7, 11) is 1.25. The van der Waals surface area contributed by atoms with Crippen LogP contribution in [0, 0.1) is 18.3 Å². The first kappa shape index (κ1) is 21.3. The van der Waals surface area contributed by atoms with Crippen molar-refractivity contribution < 1.29 is 19.1 Å². The number of thioether (sulfide) groups is 1. The van der Waals surface area contributed by atoms with Crippen LogP contribution < -0.4 is 5.32 Å². The van der Waals surface area contributed by atoms with Crippen molar-refractivity contribution in [3.63, 3.8) is 0 Å². The molecule has 1 heterocycles. The van der Waals surface area contributed by atoms with Crippen molar-refractivity contribution in [3.05, 3.63) is 46.8 Å². The molecule has 0 aliphatic heterocycles. The number of nitrogens with one attached hydrogen (secondary N) is 2. The molecule has 28 heavy (non-hydrogen) atoms. The van der Waals surface area contributed by atoms with Crippen molar-refractivity contribution >= 4 is 35.1 Å². The lowest BCUT2D eigenvalue weighted by Crippen LogP contribution is -2.17. The van der Waals surface area contributed by atoms with Crippen LogP contribution >= 0.6 is 11.8 Å². The summed E-state index contributed by atoms with van der Waals surface area (Å²) in [6.07, 6.45) is 0.292. The zero-order valence-electron chi connectivity index (χ0n) is 15.9. The molecule has 146 valence electrons. The van der Waals surface area contributed by atoms with Gasteiger partial charge < -0.3 is 15.0 Å². The van der Waals surface area contributed by atoms with Gasteiger partial charge in [0.25, 0.3) is 0 Å². The van der Waals surface area contributed by atoms with E-state index in [9.17, 15) is 14.4 Å². The SMILES string of the molecule is COC(=O)c1c(CC(=O)Nc2ccccc2SCCC#N)[nH]c(C(C)=O)c1C. The monoisotopic (exact) mass is 399 g/mol. The molecule has 0 unspecified atom stereocenters. The molecule has 2 rings (SSSR count). The number of carbonyl (C=O) groups is 3. The van der Waals surface area contributed by atoms with Crippen LogP contribution in [0.3, 0.4) is 0 Å². The van der Waals surface area contributed by atoms with Gasteiger partial charge in [0.1, 0.15) is 0 Å². The average molecular weight is 399 g/mol. The van der Waals surface area contributed by atoms with E-state index in [0.29, 0.717) is 29.1 Å². The topological polar surface area (TPSA) is 112 Å². The Bertz CT molecular complexity index is 943. The van der Waals surface area contributed by atoms with Gasteiger partial charge in [-0.05, 0) is 24.6 Å². The number of nitriles is 1. The Morgan fingerprint density at radius 3 is 2.64 bits per heavy atom. The minimum Gasteiger partial charge on any atom is -0.465 e. The molecule has 2 N–H and O–H groups in total. The standard InChI is InChI=1S/C20H21N3O4S/c1-12-18(20(26)27-3)15(23-19(12)13(2)24)11-17(25)22-14-7-4-5-8-16(14)28-10-6-9-21/h4-5,7-8,23H,6,10-11H2,1-3H3,(H,22,25). The number of rotatable bonds is 8. The summed E-state index contributed by atoms with van der Waals surface area (Å²) in [6, 6.07) is 9.38. The number of carbonyl (C=O) groups excluding carboxylic acids is 3. The van der Waals surface area contributed by atoms with Gasteiger partial charge in [-0.25, -0.2) is 4.79 Å². The maximum absolute atomic E-state index is 12.6. The van der Waals surface area contributed by atoms with Crippen LogP contribution in [0.1, 0.15) is 45.4 Å². The van der Waals surface area contributed by atoms with E-state index < -0.39 is 5.97 Å². The van der Waals surface area contributed by atoms with Crippen LogP contribution in [0.4, 0.5) is 5.69 Å². The molecule has 0 saturated heterocycles. The molecule has 0 aliphatic carbocycles. The van der Waals surface area contributed by atoms with Crippen LogP contribution in [-0.2, 0) is 16.0 Å². The molecule has 0 atom stereocenters. The minimum absolute atomic E-state index is 0.115. The van der Waals surface area contributed by atoms with E-state index in [1.54, 1.807) is 19.1 Å². The molecule has 0 bridgehead atoms. The van der Waals surface area contributed by atoms with Crippen molar-refractivity contribution in [2.45, 2.75) is 31.6 Å². The van der Waals surface area contributed by atoms with E-state index in [0.717, 1.165) is 4.90 Å². The Kier molecular flexibility index (Phi) is 7.41. The van der Waals surface area contributed by atoms with E-state index in [4.69, 9.17) is 10.00 Å². The van der Waals surface area contributed by atoms with E-state index in [2.05, 4.69) is 16.4 Å². The smallest absolute Gasteiger partial charge is 0.339 e. The first-order chi connectivity index (χ1) is 13.4. The van der Waals surface area contributed by atoms with Crippen molar-refractivity contribution in [2.24, 2.45) is 0 Å². The highest BCUT2D eigenvalue weighted by atomic mass is 32.2. The highest BCUT2D eigenvalue weighted by Gasteiger charge is 2.24. The summed E-state index contributed by atoms with van der Waals surface area (Å²) in [5.41, 5.74) is 1.93. The average Bonchev–Trinajstić information content (AvgIpc) is 2.98. The summed E-state index contributed by atoms with van der Waals surface area (Å²) >= 11 is 1.48. The number of esters is 1. The molecule has 2 aromatic rings. The number of Topliss-reactive ketones (excluding diaryl/α,β-unsaturated/α-hetero) is 1. The van der Waals surface area contributed by atoms with Gasteiger partial charge in [0.05, 0.1) is 36.5 Å². The molecule has 1 amide bonds. The molecule has 0 saturated carbocycles. The Hall–Kier alpha value is -3.05. The number of anilines is 1. The van der Waals surface area contributed by atoms with Crippen molar-refractivity contribution in [1.82, 2.24) is 4.98 Å². The Balaban J connectivity index is 2.22. The van der Waals surface area contributed by atoms with Gasteiger partial charge in [-0.3, -0.25) is 9.59 Å². The maximum Gasteiger partial charge on any atom is 0.339 e. The number of ketones is 1. The van der Waals surface area contributed by atoms with Gasteiger partial charge in [-0.1, -0.05) is 12.1 Å². The highest BCUT2D eigenvalue weighted by molar-refractivity contribution is 7.99. The van der Waals surface area contributed by atoms with Crippen LogP contribution in [0.25, 0.3) is 0 Å². The van der Waals surface area contributed by atoms with Gasteiger partial charge in [-0.2, -0.15) is 5.26 Å². The van der Waals surface area contributed by atoms with Gasteiger partial charge >= 0.3 is 5.97 Å². The van der Waals surface area contributed by atoms with E-state index in [1.807, 2.05) is 12.1 Å². The maximum atomic E-state index is 12.6. The third-order valence-electron chi connectivity index (χ3n) is 4.04. The fourth-order valence-electron chi connectivity index (χ4n) is 2.78. The summed E-state index contributed by atoms with van der Waals surface area (Å²) in [5.74, 6) is -0.548. The van der Waals surface area contributed by atoms with Crippen molar-refractivity contribution in [2.75, 3.05) is 18.2 Å². The number of ether oxygens (including phenoxy) is 1. The highest BCUT2D eigenvalue weighted by Crippen LogP contribution is 2.28. The minimum atomic E-state index is -0.600. The molecule has 1 aromatic carbocycles. The number of methoxy groups -OCH3 is 1. The van der Waals surface area contributed by atoms with Crippen LogP contribution in [0.5, 0.6) is 0 Å². The zero-order valence-corrected chi connectivity index (χ0v) is 16.7. The first-order valence-corrected chi connectivity index (χ1v) is 9.56. The number of H-pyrrole nitrogens is 1. The Morgan fingerprint density at radius 1 is 1.29 bits per heavy atom. The number of nitrogens with zero attached hydrogens (tertiary/aromatic N) is 1.